The van der Waals surface area contributed by atoms with E-state index < -0.39 is 49.5 Å². The van der Waals surface area contributed by atoms with Gasteiger partial charge < -0.3 is 44.5 Å². The molecule has 2 aromatic rings. The van der Waals surface area contributed by atoms with E-state index in [0.717, 1.165) is 17.6 Å². The predicted molar refractivity (Wildman–Crippen MR) is 126 cm³/mol. The number of hydrogen-bond acceptors (Lipinski definition) is 8. The van der Waals surface area contributed by atoms with Gasteiger partial charge in [-0.05, 0) is 24.5 Å². The van der Waals surface area contributed by atoms with Crippen molar-refractivity contribution in [3.63, 3.8) is 0 Å². The van der Waals surface area contributed by atoms with Gasteiger partial charge in [0.15, 0.2) is 6.29 Å². The van der Waals surface area contributed by atoms with E-state index in [1.165, 1.54) is 17.2 Å². The monoisotopic (exact) mass is 498 g/mol. The SMILES string of the molecule is C=C[C@@H]1[C@H](O[C@@H]2O[C@H](CO)[C@@H](O)[C@H](O)[C@H]2O)OC=C2C(=O)N3CCc4c([nH]c5ccccc45)[C@@H]3C[C@H]21. The second kappa shape index (κ2) is 8.98. The lowest BCUT2D eigenvalue weighted by Gasteiger charge is -2.48. The van der Waals surface area contributed by atoms with Gasteiger partial charge in [0.2, 0.25) is 6.29 Å². The number of aliphatic hydroxyl groups is 4. The normalized spacial score (nSPS) is 38.0. The van der Waals surface area contributed by atoms with Crippen molar-refractivity contribution in [2.24, 2.45) is 11.8 Å². The molecular weight excluding hydrogens is 468 g/mol. The van der Waals surface area contributed by atoms with Crippen molar-refractivity contribution in [2.75, 3.05) is 13.2 Å². The van der Waals surface area contributed by atoms with Crippen molar-refractivity contribution in [1.29, 1.82) is 0 Å². The molecule has 1 aromatic heterocycles. The summed E-state index contributed by atoms with van der Waals surface area (Å²) >= 11 is 0. The van der Waals surface area contributed by atoms with Crippen molar-refractivity contribution < 1.29 is 39.4 Å². The maximum absolute atomic E-state index is 13.5. The summed E-state index contributed by atoms with van der Waals surface area (Å²) in [5.41, 5.74) is 3.89. The molecule has 10 heteroatoms. The number of amides is 1. The van der Waals surface area contributed by atoms with E-state index in [0.29, 0.717) is 18.5 Å². The second-order valence-corrected chi connectivity index (χ2v) is 9.89. The van der Waals surface area contributed by atoms with Crippen LogP contribution in [0.1, 0.15) is 23.7 Å². The molecule has 5 heterocycles. The molecule has 9 atom stereocenters. The summed E-state index contributed by atoms with van der Waals surface area (Å²) in [6, 6.07) is 8.01. The average Bonchev–Trinajstić information content (AvgIpc) is 3.28. The number of carbonyl (C=O) groups is 1. The smallest absolute Gasteiger partial charge is 0.253 e. The average molecular weight is 499 g/mol. The molecule has 0 aliphatic carbocycles. The Labute approximate surface area is 207 Å². The van der Waals surface area contributed by atoms with Crippen LogP contribution < -0.4 is 0 Å². The third kappa shape index (κ3) is 3.52. The molecule has 0 unspecified atom stereocenters. The number of ether oxygens (including phenoxy) is 3. The molecule has 1 aromatic carbocycles. The van der Waals surface area contributed by atoms with E-state index in [1.54, 1.807) is 6.08 Å². The lowest BCUT2D eigenvalue weighted by atomic mass is 9.74. The number of H-pyrrole nitrogens is 1. The van der Waals surface area contributed by atoms with Crippen LogP contribution in [0.5, 0.6) is 0 Å². The maximum Gasteiger partial charge on any atom is 0.253 e. The van der Waals surface area contributed by atoms with Crippen molar-refractivity contribution in [2.45, 2.75) is 55.9 Å². The van der Waals surface area contributed by atoms with Gasteiger partial charge in [-0.15, -0.1) is 6.58 Å². The van der Waals surface area contributed by atoms with Crippen LogP contribution >= 0.6 is 0 Å². The highest BCUT2D eigenvalue weighted by Crippen LogP contribution is 2.48. The molecule has 0 saturated carbocycles. The summed E-state index contributed by atoms with van der Waals surface area (Å²) in [6.07, 6.45) is -3.53. The van der Waals surface area contributed by atoms with Gasteiger partial charge in [0.05, 0.1) is 24.5 Å². The number of para-hydroxylation sites is 1. The highest BCUT2D eigenvalue weighted by atomic mass is 16.8. The number of benzene rings is 1. The standard InChI is InChI=1S/C26H30N2O8/c1-2-12-15-9-18-20-14(13-5-3-4-6-17(13)27-20)7-8-28(18)24(33)16(15)11-34-25(12)36-26-23(32)22(31)21(30)19(10-29)35-26/h2-6,11-12,15,18-19,21-23,25-27,29-32H,1,7-10H2/t12-,15-,18-,19+,21+,22-,23+,25-,26-/m0/s1. The number of aromatic amines is 1. The van der Waals surface area contributed by atoms with Gasteiger partial charge >= 0.3 is 0 Å². The molecule has 0 radical (unpaired) electrons. The van der Waals surface area contributed by atoms with Crippen molar-refractivity contribution >= 4 is 16.8 Å². The Morgan fingerprint density at radius 1 is 1.17 bits per heavy atom. The number of aromatic nitrogens is 1. The van der Waals surface area contributed by atoms with Crippen molar-refractivity contribution in [1.82, 2.24) is 9.88 Å². The first-order chi connectivity index (χ1) is 17.4. The molecule has 4 aliphatic heterocycles. The third-order valence-corrected chi connectivity index (χ3v) is 8.04. The Morgan fingerprint density at radius 2 is 1.97 bits per heavy atom. The third-order valence-electron chi connectivity index (χ3n) is 8.04. The van der Waals surface area contributed by atoms with Crippen LogP contribution in [0.3, 0.4) is 0 Å². The first-order valence-corrected chi connectivity index (χ1v) is 12.3. The van der Waals surface area contributed by atoms with Gasteiger partial charge in [0.1, 0.15) is 24.4 Å². The largest absolute Gasteiger partial charge is 0.471 e. The molecule has 6 rings (SSSR count). The minimum atomic E-state index is -1.56. The van der Waals surface area contributed by atoms with E-state index in [-0.39, 0.29) is 17.9 Å². The minimum Gasteiger partial charge on any atom is -0.471 e. The maximum atomic E-state index is 13.5. The van der Waals surface area contributed by atoms with E-state index in [1.807, 2.05) is 23.1 Å². The second-order valence-electron chi connectivity index (χ2n) is 9.89. The number of nitrogens with one attached hydrogen (secondary N) is 1. The molecule has 0 spiro atoms. The minimum absolute atomic E-state index is 0.0845. The lowest BCUT2D eigenvalue weighted by Crippen LogP contribution is -2.60. The van der Waals surface area contributed by atoms with Gasteiger partial charge in [0.25, 0.3) is 5.91 Å². The van der Waals surface area contributed by atoms with E-state index >= 15 is 0 Å². The molecule has 5 N–H and O–H groups in total. The Balaban J connectivity index is 1.28. The van der Waals surface area contributed by atoms with Crippen molar-refractivity contribution in [3.8, 4) is 0 Å². The van der Waals surface area contributed by atoms with E-state index in [9.17, 15) is 25.2 Å². The van der Waals surface area contributed by atoms with Gasteiger partial charge in [-0.3, -0.25) is 4.79 Å². The van der Waals surface area contributed by atoms with Gasteiger partial charge in [-0.1, -0.05) is 24.3 Å². The Kier molecular flexibility index (Phi) is 5.90. The fraction of sp³-hybridized carbons (Fsp3) is 0.500. The van der Waals surface area contributed by atoms with Crippen molar-refractivity contribution in [3.05, 3.63) is 60.0 Å². The fourth-order valence-corrected chi connectivity index (χ4v) is 6.13. The summed E-state index contributed by atoms with van der Waals surface area (Å²) in [5, 5.41) is 41.3. The summed E-state index contributed by atoms with van der Waals surface area (Å²) < 4.78 is 17.2. The van der Waals surface area contributed by atoms with Crippen LogP contribution in [0.15, 0.2) is 48.8 Å². The van der Waals surface area contributed by atoms with Crippen LogP contribution in [-0.4, -0.2) is 86.4 Å². The van der Waals surface area contributed by atoms with Crippen LogP contribution in [0.25, 0.3) is 10.9 Å². The molecule has 192 valence electrons. The van der Waals surface area contributed by atoms with Gasteiger partial charge in [0, 0.05) is 35.0 Å². The molecule has 2 saturated heterocycles. The number of fused-ring (bicyclic) bond motifs is 6. The molecular formula is C26H30N2O8. The molecule has 1 amide bonds. The first kappa shape index (κ1) is 23.7. The van der Waals surface area contributed by atoms with Crippen LogP contribution in [-0.2, 0) is 25.4 Å². The molecule has 36 heavy (non-hydrogen) atoms. The Bertz CT molecular complexity index is 1210. The molecule has 0 bridgehead atoms. The Hall–Kier alpha value is -2.73. The summed E-state index contributed by atoms with van der Waals surface area (Å²) in [4.78, 5) is 19.0. The number of aliphatic hydroxyl groups excluding tert-OH is 4. The van der Waals surface area contributed by atoms with E-state index in [4.69, 9.17) is 14.2 Å². The summed E-state index contributed by atoms with van der Waals surface area (Å²) in [7, 11) is 0. The first-order valence-electron chi connectivity index (χ1n) is 12.3. The highest BCUT2D eigenvalue weighted by molar-refractivity contribution is 5.96. The molecule has 4 aliphatic rings. The van der Waals surface area contributed by atoms with Crippen LogP contribution in [0.2, 0.25) is 0 Å². The molecule has 2 fully saturated rings. The predicted octanol–water partition coefficient (Wildman–Crippen LogP) is 0.473. The zero-order valence-corrected chi connectivity index (χ0v) is 19.6. The van der Waals surface area contributed by atoms with E-state index in [2.05, 4.69) is 17.6 Å². The number of carbonyl (C=O) groups excluding carboxylic acids is 1. The lowest BCUT2D eigenvalue weighted by molar-refractivity contribution is -0.339. The quantitative estimate of drug-likeness (QED) is 0.383. The topological polar surface area (TPSA) is 145 Å². The summed E-state index contributed by atoms with van der Waals surface area (Å²) in [5.74, 6) is -0.783. The number of piperidine rings is 1. The Morgan fingerprint density at radius 3 is 2.75 bits per heavy atom. The number of hydrogen-bond donors (Lipinski definition) is 5. The highest BCUT2D eigenvalue weighted by Gasteiger charge is 2.51. The van der Waals surface area contributed by atoms with Crippen LogP contribution in [0.4, 0.5) is 0 Å². The van der Waals surface area contributed by atoms with Gasteiger partial charge in [-0.25, -0.2) is 0 Å². The number of rotatable bonds is 4. The van der Waals surface area contributed by atoms with Crippen LogP contribution in [0, 0.1) is 11.8 Å². The zero-order chi connectivity index (χ0) is 25.1. The number of nitrogens with zero attached hydrogens (tertiary/aromatic N) is 1. The van der Waals surface area contributed by atoms with Gasteiger partial charge in [-0.2, -0.15) is 0 Å². The summed E-state index contributed by atoms with van der Waals surface area (Å²) in [6.45, 7) is 4.01. The fourth-order valence-electron chi connectivity index (χ4n) is 6.13. The zero-order valence-electron chi connectivity index (χ0n) is 19.6. The molecule has 10 nitrogen and oxygen atoms in total.